The Kier molecular flexibility index (Phi) is 5.14. The fourth-order valence-corrected chi connectivity index (χ4v) is 4.07. The van der Waals surface area contributed by atoms with E-state index in [1.807, 2.05) is 0 Å². The average molecular weight is 465 g/mol. The van der Waals surface area contributed by atoms with Gasteiger partial charge in [0.15, 0.2) is 0 Å². The SMILES string of the molecule is O=c1c2c(-c3c(F)cccc3F)n(Cc3cccnc3)c(=O)cc2[nH]n1-c1ccccc1Cl. The van der Waals surface area contributed by atoms with Crippen molar-refractivity contribution in [1.29, 1.82) is 0 Å². The number of aromatic nitrogens is 4. The van der Waals surface area contributed by atoms with E-state index < -0.39 is 28.3 Å². The summed E-state index contributed by atoms with van der Waals surface area (Å²) in [4.78, 5) is 30.7. The van der Waals surface area contributed by atoms with Crippen LogP contribution in [0.4, 0.5) is 8.78 Å². The van der Waals surface area contributed by atoms with Gasteiger partial charge < -0.3 is 4.57 Å². The molecule has 0 unspecified atom stereocenters. The molecule has 0 saturated heterocycles. The fourth-order valence-electron chi connectivity index (χ4n) is 3.85. The lowest BCUT2D eigenvalue weighted by atomic mass is 10.1. The lowest BCUT2D eigenvalue weighted by molar-refractivity contribution is 0.585. The maximum Gasteiger partial charge on any atom is 0.281 e. The van der Waals surface area contributed by atoms with Gasteiger partial charge in [0, 0.05) is 18.5 Å². The topological polar surface area (TPSA) is 72.7 Å². The Morgan fingerprint density at radius 1 is 0.970 bits per heavy atom. The third-order valence-electron chi connectivity index (χ3n) is 5.32. The third kappa shape index (κ3) is 3.54. The van der Waals surface area contributed by atoms with E-state index in [1.165, 1.54) is 22.9 Å². The van der Waals surface area contributed by atoms with Crippen LogP contribution in [0.2, 0.25) is 5.02 Å². The minimum absolute atomic E-state index is 0.0393. The quantitative estimate of drug-likeness (QED) is 0.425. The zero-order valence-corrected chi connectivity index (χ0v) is 17.7. The predicted molar refractivity (Wildman–Crippen MR) is 122 cm³/mol. The molecule has 5 rings (SSSR count). The first kappa shape index (κ1) is 20.8. The van der Waals surface area contributed by atoms with E-state index in [0.29, 0.717) is 11.3 Å². The molecule has 0 radical (unpaired) electrons. The smallest absolute Gasteiger partial charge is 0.281 e. The predicted octanol–water partition coefficient (Wildman–Crippen LogP) is 4.52. The Balaban J connectivity index is 1.90. The van der Waals surface area contributed by atoms with Crippen molar-refractivity contribution in [3.8, 4) is 16.9 Å². The number of para-hydroxylation sites is 1. The molecule has 6 nitrogen and oxygen atoms in total. The summed E-state index contributed by atoms with van der Waals surface area (Å²) in [6, 6.07) is 14.6. The lowest BCUT2D eigenvalue weighted by Gasteiger charge is -2.15. The molecule has 9 heteroatoms. The van der Waals surface area contributed by atoms with Crippen LogP contribution < -0.4 is 11.1 Å². The molecule has 0 fully saturated rings. The second-order valence-electron chi connectivity index (χ2n) is 7.37. The van der Waals surface area contributed by atoms with Crippen LogP contribution in [0.5, 0.6) is 0 Å². The number of hydrogen-bond acceptors (Lipinski definition) is 3. The Hall–Kier alpha value is -4.04. The second-order valence-corrected chi connectivity index (χ2v) is 7.77. The Labute approximate surface area is 190 Å². The summed E-state index contributed by atoms with van der Waals surface area (Å²) in [5, 5.41) is 3.10. The number of hydrogen-bond donors (Lipinski definition) is 1. The molecule has 0 spiro atoms. The molecule has 0 atom stereocenters. The van der Waals surface area contributed by atoms with Crippen molar-refractivity contribution in [2.24, 2.45) is 0 Å². The monoisotopic (exact) mass is 464 g/mol. The summed E-state index contributed by atoms with van der Waals surface area (Å²) in [5.74, 6) is -1.79. The van der Waals surface area contributed by atoms with Crippen molar-refractivity contribution < 1.29 is 8.78 Å². The molecule has 2 aromatic carbocycles. The third-order valence-corrected chi connectivity index (χ3v) is 5.64. The van der Waals surface area contributed by atoms with Gasteiger partial charge in [0.1, 0.15) is 11.6 Å². The van der Waals surface area contributed by atoms with Crippen molar-refractivity contribution in [2.45, 2.75) is 6.54 Å². The molecule has 0 bridgehead atoms. The van der Waals surface area contributed by atoms with E-state index >= 15 is 0 Å². The molecule has 33 heavy (non-hydrogen) atoms. The average Bonchev–Trinajstić information content (AvgIpc) is 3.12. The number of benzene rings is 2. The number of pyridine rings is 2. The maximum absolute atomic E-state index is 14.9. The highest BCUT2D eigenvalue weighted by Crippen LogP contribution is 2.31. The Bertz CT molecular complexity index is 1600. The summed E-state index contributed by atoms with van der Waals surface area (Å²) < 4.78 is 32.2. The normalized spacial score (nSPS) is 11.2. The van der Waals surface area contributed by atoms with Gasteiger partial charge in [-0.2, -0.15) is 0 Å². The van der Waals surface area contributed by atoms with Crippen molar-refractivity contribution in [3.05, 3.63) is 116 Å². The number of halogens is 3. The highest BCUT2D eigenvalue weighted by molar-refractivity contribution is 6.32. The molecule has 3 aromatic heterocycles. The molecule has 0 saturated carbocycles. The molecule has 0 aliphatic rings. The van der Waals surface area contributed by atoms with E-state index in [2.05, 4.69) is 10.1 Å². The zero-order valence-electron chi connectivity index (χ0n) is 16.9. The van der Waals surface area contributed by atoms with E-state index in [1.54, 1.807) is 42.6 Å². The van der Waals surface area contributed by atoms with E-state index in [0.717, 1.165) is 16.8 Å². The minimum Gasteiger partial charge on any atom is -0.303 e. The van der Waals surface area contributed by atoms with Crippen LogP contribution >= 0.6 is 11.6 Å². The number of nitrogens with zero attached hydrogens (tertiary/aromatic N) is 3. The van der Waals surface area contributed by atoms with Gasteiger partial charge in [0.25, 0.3) is 11.1 Å². The standard InChI is InChI=1S/C24H15ClF2N4O2/c25-15-6-1-2-9-19(15)31-24(33)22-18(29-31)11-20(32)30(13-14-5-4-10-28-12-14)23(22)21-16(26)7-3-8-17(21)27/h1-12,29H,13H2. The molecule has 0 amide bonds. The van der Waals surface area contributed by atoms with Gasteiger partial charge in [-0.1, -0.05) is 35.9 Å². The summed E-state index contributed by atoms with van der Waals surface area (Å²) in [6.45, 7) is -0.0393. The van der Waals surface area contributed by atoms with Gasteiger partial charge in [0.2, 0.25) is 0 Å². The molecule has 164 valence electrons. The van der Waals surface area contributed by atoms with Crippen LogP contribution in [-0.4, -0.2) is 19.3 Å². The van der Waals surface area contributed by atoms with Gasteiger partial charge in [-0.3, -0.25) is 19.7 Å². The lowest BCUT2D eigenvalue weighted by Crippen LogP contribution is -2.24. The largest absolute Gasteiger partial charge is 0.303 e. The van der Waals surface area contributed by atoms with E-state index in [4.69, 9.17) is 11.6 Å². The molecule has 0 aliphatic carbocycles. The summed E-state index contributed by atoms with van der Waals surface area (Å²) in [6.07, 6.45) is 3.11. The zero-order chi connectivity index (χ0) is 23.1. The van der Waals surface area contributed by atoms with Crippen LogP contribution in [0.1, 0.15) is 5.56 Å². The van der Waals surface area contributed by atoms with Gasteiger partial charge in [-0.25, -0.2) is 13.5 Å². The summed E-state index contributed by atoms with van der Waals surface area (Å²) in [7, 11) is 0. The van der Waals surface area contributed by atoms with Crippen molar-refractivity contribution in [1.82, 2.24) is 19.3 Å². The van der Waals surface area contributed by atoms with Crippen molar-refractivity contribution in [3.63, 3.8) is 0 Å². The van der Waals surface area contributed by atoms with Gasteiger partial charge >= 0.3 is 0 Å². The Morgan fingerprint density at radius 2 is 1.73 bits per heavy atom. The second kappa shape index (κ2) is 8.14. The number of rotatable bonds is 4. The van der Waals surface area contributed by atoms with E-state index in [9.17, 15) is 18.4 Å². The van der Waals surface area contributed by atoms with Crippen LogP contribution in [0.15, 0.2) is 82.6 Å². The maximum atomic E-state index is 14.9. The van der Waals surface area contributed by atoms with Crippen LogP contribution in [-0.2, 0) is 6.54 Å². The highest BCUT2D eigenvalue weighted by Gasteiger charge is 2.24. The first-order valence-electron chi connectivity index (χ1n) is 9.92. The Morgan fingerprint density at radius 3 is 2.42 bits per heavy atom. The molecular formula is C24H15ClF2N4O2. The molecule has 0 aliphatic heterocycles. The summed E-state index contributed by atoms with van der Waals surface area (Å²) in [5.41, 5.74) is -0.682. The first-order chi connectivity index (χ1) is 16.0. The number of H-pyrrole nitrogens is 1. The molecule has 5 aromatic rings. The van der Waals surface area contributed by atoms with Gasteiger partial charge in [0.05, 0.1) is 39.4 Å². The highest BCUT2D eigenvalue weighted by atomic mass is 35.5. The summed E-state index contributed by atoms with van der Waals surface area (Å²) >= 11 is 6.26. The van der Waals surface area contributed by atoms with Crippen LogP contribution in [0, 0.1) is 11.6 Å². The number of fused-ring (bicyclic) bond motifs is 1. The van der Waals surface area contributed by atoms with Crippen molar-refractivity contribution >= 4 is 22.5 Å². The molecule has 1 N–H and O–H groups in total. The minimum atomic E-state index is -0.897. The van der Waals surface area contributed by atoms with Crippen molar-refractivity contribution in [2.75, 3.05) is 0 Å². The molecule has 3 heterocycles. The fraction of sp³-hybridized carbons (Fsp3) is 0.0417. The molecular weight excluding hydrogens is 450 g/mol. The van der Waals surface area contributed by atoms with Gasteiger partial charge in [-0.15, -0.1) is 0 Å². The van der Waals surface area contributed by atoms with E-state index in [-0.39, 0.29) is 28.2 Å². The number of aromatic amines is 1. The van der Waals surface area contributed by atoms with Crippen LogP contribution in [0.3, 0.4) is 0 Å². The number of nitrogens with one attached hydrogen (secondary N) is 1. The first-order valence-corrected chi connectivity index (χ1v) is 10.3. The van der Waals surface area contributed by atoms with Crippen LogP contribution in [0.25, 0.3) is 27.8 Å². The van der Waals surface area contributed by atoms with Gasteiger partial charge in [-0.05, 0) is 35.9 Å².